The number of nitriles is 1. The van der Waals surface area contributed by atoms with Crippen LogP contribution in [0.3, 0.4) is 0 Å². The number of rotatable bonds is 6. The minimum absolute atomic E-state index is 0.0736. The fourth-order valence-electron chi connectivity index (χ4n) is 3.51. The average Bonchev–Trinajstić information content (AvgIpc) is 3.16. The third-order valence-corrected chi connectivity index (χ3v) is 7.54. The van der Waals surface area contributed by atoms with Gasteiger partial charge in [0.1, 0.15) is 16.7 Å². The Morgan fingerprint density at radius 1 is 0.941 bits per heavy atom. The molecular weight excluding hydrogens is 578 g/mol. The number of carbonyl (C=O) groups excluding carboxylic acids is 2. The fraction of sp³-hybridized carbons (Fsp3) is 0.115. The lowest BCUT2D eigenvalue weighted by atomic mass is 10.1. The molecule has 170 valence electrons. The van der Waals surface area contributed by atoms with Crippen molar-refractivity contribution in [2.24, 2.45) is 0 Å². The zero-order valence-corrected chi connectivity index (χ0v) is 21.9. The van der Waals surface area contributed by atoms with Crippen molar-refractivity contribution in [3.8, 4) is 6.07 Å². The molecule has 4 rings (SSSR count). The normalized spacial score (nSPS) is 16.8. The second-order valence-electron chi connectivity index (χ2n) is 7.55. The van der Waals surface area contributed by atoms with Crippen LogP contribution < -0.4 is 10.2 Å². The van der Waals surface area contributed by atoms with E-state index in [2.05, 4.69) is 37.2 Å². The van der Waals surface area contributed by atoms with Crippen LogP contribution >= 0.6 is 43.6 Å². The smallest absolute Gasteiger partial charge is 0.264 e. The largest absolute Gasteiger partial charge is 0.347 e. The lowest BCUT2D eigenvalue weighted by Gasteiger charge is -2.19. The van der Waals surface area contributed by atoms with Gasteiger partial charge in [-0.3, -0.25) is 14.5 Å². The second kappa shape index (κ2) is 11.0. The maximum Gasteiger partial charge on any atom is 0.264 e. The van der Waals surface area contributed by atoms with Crippen LogP contribution in [-0.4, -0.2) is 17.1 Å². The molecule has 1 saturated heterocycles. The van der Waals surface area contributed by atoms with E-state index < -0.39 is 11.2 Å². The molecule has 3 aromatic rings. The van der Waals surface area contributed by atoms with Gasteiger partial charge in [-0.05, 0) is 53.9 Å². The van der Waals surface area contributed by atoms with E-state index in [9.17, 15) is 14.9 Å². The Bertz CT molecular complexity index is 1270. The first-order valence-electron chi connectivity index (χ1n) is 10.4. The second-order valence-corrected chi connectivity index (χ2v) is 10.6. The first kappa shape index (κ1) is 24.3. The lowest BCUT2D eigenvalue weighted by Crippen LogP contribution is -2.32. The fourth-order valence-corrected chi connectivity index (χ4v) is 5.35. The van der Waals surface area contributed by atoms with Gasteiger partial charge >= 0.3 is 0 Å². The predicted octanol–water partition coefficient (Wildman–Crippen LogP) is 5.95. The number of nitrogens with one attached hydrogen (secondary N) is 1. The van der Waals surface area contributed by atoms with Crippen molar-refractivity contribution in [1.29, 1.82) is 5.26 Å². The summed E-state index contributed by atoms with van der Waals surface area (Å²) >= 11 is 8.10. The van der Waals surface area contributed by atoms with Gasteiger partial charge in [0.25, 0.3) is 5.91 Å². The highest BCUT2D eigenvalue weighted by atomic mass is 79.9. The van der Waals surface area contributed by atoms with Gasteiger partial charge in [0.15, 0.2) is 0 Å². The molecule has 0 aliphatic carbocycles. The number of amides is 2. The molecule has 1 fully saturated rings. The Kier molecular flexibility index (Phi) is 7.88. The third-order valence-electron chi connectivity index (χ3n) is 5.22. The van der Waals surface area contributed by atoms with E-state index >= 15 is 0 Å². The molecule has 2 amide bonds. The van der Waals surface area contributed by atoms with E-state index in [1.165, 1.54) is 16.7 Å². The predicted molar refractivity (Wildman–Crippen MR) is 142 cm³/mol. The first-order chi connectivity index (χ1) is 16.5. The van der Waals surface area contributed by atoms with Crippen molar-refractivity contribution < 1.29 is 9.59 Å². The zero-order valence-electron chi connectivity index (χ0n) is 17.9. The van der Waals surface area contributed by atoms with Gasteiger partial charge in [-0.15, -0.1) is 0 Å². The van der Waals surface area contributed by atoms with Crippen molar-refractivity contribution >= 4 is 61.1 Å². The van der Waals surface area contributed by atoms with E-state index in [-0.39, 0.29) is 18.0 Å². The van der Waals surface area contributed by atoms with Gasteiger partial charge < -0.3 is 5.32 Å². The monoisotopic (exact) mass is 595 g/mol. The zero-order chi connectivity index (χ0) is 24.1. The van der Waals surface area contributed by atoms with Crippen molar-refractivity contribution in [2.45, 2.75) is 18.2 Å². The van der Waals surface area contributed by atoms with E-state index in [0.29, 0.717) is 17.1 Å². The first-order valence-corrected chi connectivity index (χ1v) is 12.9. The number of halogens is 2. The summed E-state index contributed by atoms with van der Waals surface area (Å²) < 4.78 is 1.83. The summed E-state index contributed by atoms with van der Waals surface area (Å²) in [5.74, 6) is -0.665. The van der Waals surface area contributed by atoms with Crippen LogP contribution in [0.4, 0.5) is 5.69 Å². The van der Waals surface area contributed by atoms with Gasteiger partial charge in [-0.1, -0.05) is 86.1 Å². The maximum atomic E-state index is 13.5. The number of nitrogens with zero attached hydrogens (tertiary/aromatic N) is 2. The minimum Gasteiger partial charge on any atom is -0.347 e. The van der Waals surface area contributed by atoms with Gasteiger partial charge in [-0.2, -0.15) is 5.26 Å². The molecule has 8 heteroatoms. The van der Waals surface area contributed by atoms with E-state index in [1.54, 1.807) is 12.1 Å². The quantitative estimate of drug-likeness (QED) is 0.282. The summed E-state index contributed by atoms with van der Waals surface area (Å²) in [7, 11) is 0. The highest BCUT2D eigenvalue weighted by molar-refractivity contribution is 9.10. The van der Waals surface area contributed by atoms with Gasteiger partial charge in [0.2, 0.25) is 5.91 Å². The Labute approximate surface area is 219 Å². The number of hydrogen-bond donors (Lipinski definition) is 1. The molecule has 0 spiro atoms. The molecule has 1 aliphatic rings. The lowest BCUT2D eigenvalue weighted by molar-refractivity contribution is -0.117. The minimum atomic E-state index is -0.506. The molecule has 0 saturated carbocycles. The molecular formula is C26H19Br2N3O2S. The SMILES string of the molecule is N#C/C(C(=O)NCc1ccccc1)=C1/SC(Cc2ccc(Br)cc2)C(=O)N1c1ccc(Br)cc1. The van der Waals surface area contributed by atoms with Crippen LogP contribution in [0, 0.1) is 11.3 Å². The topological polar surface area (TPSA) is 73.2 Å². The number of thioether (sulfide) groups is 1. The van der Waals surface area contributed by atoms with E-state index in [4.69, 9.17) is 0 Å². The van der Waals surface area contributed by atoms with Crippen LogP contribution in [0.25, 0.3) is 0 Å². The van der Waals surface area contributed by atoms with Crippen LogP contribution in [-0.2, 0) is 22.6 Å². The molecule has 34 heavy (non-hydrogen) atoms. The molecule has 0 radical (unpaired) electrons. The number of hydrogen-bond acceptors (Lipinski definition) is 4. The summed E-state index contributed by atoms with van der Waals surface area (Å²) in [5, 5.41) is 12.6. The molecule has 1 N–H and O–H groups in total. The molecule has 1 atom stereocenters. The van der Waals surface area contributed by atoms with Gasteiger partial charge in [0, 0.05) is 21.2 Å². The Morgan fingerprint density at radius 3 is 2.18 bits per heavy atom. The molecule has 1 heterocycles. The van der Waals surface area contributed by atoms with Crippen molar-refractivity contribution in [2.75, 3.05) is 4.90 Å². The maximum absolute atomic E-state index is 13.5. The van der Waals surface area contributed by atoms with E-state index in [1.807, 2.05) is 72.8 Å². The summed E-state index contributed by atoms with van der Waals surface area (Å²) in [6.45, 7) is 0.289. The molecule has 0 aromatic heterocycles. The highest BCUT2D eigenvalue weighted by Crippen LogP contribution is 2.42. The molecule has 1 aliphatic heterocycles. The Morgan fingerprint density at radius 2 is 1.56 bits per heavy atom. The Hall–Kier alpha value is -2.86. The number of carbonyl (C=O) groups is 2. The Balaban J connectivity index is 1.66. The van der Waals surface area contributed by atoms with Crippen LogP contribution in [0.2, 0.25) is 0 Å². The van der Waals surface area contributed by atoms with Crippen LogP contribution in [0.1, 0.15) is 11.1 Å². The van der Waals surface area contributed by atoms with Gasteiger partial charge in [0.05, 0.1) is 5.25 Å². The third kappa shape index (κ3) is 5.61. The molecule has 1 unspecified atom stereocenters. The summed E-state index contributed by atoms with van der Waals surface area (Å²) in [6.07, 6.45) is 0.484. The summed E-state index contributed by atoms with van der Waals surface area (Å²) in [6, 6.07) is 26.5. The van der Waals surface area contributed by atoms with E-state index in [0.717, 1.165) is 20.1 Å². The molecule has 3 aromatic carbocycles. The van der Waals surface area contributed by atoms with Crippen LogP contribution in [0.5, 0.6) is 0 Å². The van der Waals surface area contributed by atoms with Crippen molar-refractivity contribution in [3.05, 3.63) is 110 Å². The van der Waals surface area contributed by atoms with Gasteiger partial charge in [-0.25, -0.2) is 0 Å². The van der Waals surface area contributed by atoms with Crippen molar-refractivity contribution in [3.63, 3.8) is 0 Å². The standard InChI is InChI=1S/C26H19Br2N3O2S/c27-19-8-6-17(7-9-19)14-23-25(33)31(21-12-10-20(28)11-13-21)26(34-23)22(15-29)24(32)30-16-18-4-2-1-3-5-18/h1-13,23H,14,16H2,(H,30,32)/b26-22-. The summed E-state index contributed by atoms with van der Waals surface area (Å²) in [5.41, 5.74) is 2.46. The number of benzene rings is 3. The highest BCUT2D eigenvalue weighted by Gasteiger charge is 2.40. The molecule has 0 bridgehead atoms. The summed E-state index contributed by atoms with van der Waals surface area (Å²) in [4.78, 5) is 28.0. The molecule has 5 nitrogen and oxygen atoms in total. The number of anilines is 1. The van der Waals surface area contributed by atoms with Crippen molar-refractivity contribution in [1.82, 2.24) is 5.32 Å². The van der Waals surface area contributed by atoms with Crippen LogP contribution in [0.15, 0.2) is 98.4 Å². The average molecular weight is 597 g/mol.